The summed E-state index contributed by atoms with van der Waals surface area (Å²) in [6.07, 6.45) is 1.03. The minimum atomic E-state index is 0.550. The molecule has 1 aromatic rings. The monoisotopic (exact) mass is 227 g/mol. The largest absolute Gasteiger partial charge is 0.379 e. The summed E-state index contributed by atoms with van der Waals surface area (Å²) in [6, 6.07) is 0. The SMILES string of the molecule is NCc1csc(CCN2CCOCC2)n1. The number of nitrogens with two attached hydrogens (primary N) is 1. The smallest absolute Gasteiger partial charge is 0.0941 e. The Bertz CT molecular complexity index is 297. The summed E-state index contributed by atoms with van der Waals surface area (Å²) >= 11 is 1.71. The standard InChI is InChI=1S/C10H17N3OS/c11-7-9-8-15-10(12-9)1-2-13-3-5-14-6-4-13/h8H,1-7,11H2. The van der Waals surface area contributed by atoms with Crippen molar-refractivity contribution in [2.24, 2.45) is 5.73 Å². The predicted molar refractivity (Wildman–Crippen MR) is 61.0 cm³/mol. The highest BCUT2D eigenvalue weighted by Crippen LogP contribution is 2.10. The molecule has 1 saturated heterocycles. The molecule has 0 atom stereocenters. The zero-order valence-corrected chi connectivity index (χ0v) is 9.63. The number of thiazole rings is 1. The van der Waals surface area contributed by atoms with Crippen molar-refractivity contribution in [2.45, 2.75) is 13.0 Å². The number of ether oxygens (including phenoxy) is 1. The molecule has 0 saturated carbocycles. The van der Waals surface area contributed by atoms with Crippen molar-refractivity contribution in [3.63, 3.8) is 0 Å². The van der Waals surface area contributed by atoms with Crippen molar-refractivity contribution in [2.75, 3.05) is 32.8 Å². The average molecular weight is 227 g/mol. The molecule has 1 fully saturated rings. The minimum absolute atomic E-state index is 0.550. The van der Waals surface area contributed by atoms with E-state index in [0.717, 1.165) is 45.0 Å². The van der Waals surface area contributed by atoms with Crippen LogP contribution in [0.1, 0.15) is 10.7 Å². The van der Waals surface area contributed by atoms with Crippen LogP contribution in [0.4, 0.5) is 0 Å². The molecule has 5 heteroatoms. The fraction of sp³-hybridized carbons (Fsp3) is 0.700. The summed E-state index contributed by atoms with van der Waals surface area (Å²) in [6.45, 7) is 5.47. The topological polar surface area (TPSA) is 51.4 Å². The highest BCUT2D eigenvalue weighted by molar-refractivity contribution is 7.09. The summed E-state index contributed by atoms with van der Waals surface area (Å²) < 4.78 is 5.30. The lowest BCUT2D eigenvalue weighted by atomic mass is 10.3. The van der Waals surface area contributed by atoms with E-state index in [1.54, 1.807) is 11.3 Å². The molecule has 0 unspecified atom stereocenters. The molecule has 2 rings (SSSR count). The molecular weight excluding hydrogens is 210 g/mol. The number of hydrogen-bond acceptors (Lipinski definition) is 5. The fourth-order valence-corrected chi connectivity index (χ4v) is 2.44. The van der Waals surface area contributed by atoms with E-state index < -0.39 is 0 Å². The first-order chi connectivity index (χ1) is 7.38. The molecule has 0 bridgehead atoms. The van der Waals surface area contributed by atoms with Gasteiger partial charge in [-0.2, -0.15) is 0 Å². The van der Waals surface area contributed by atoms with Gasteiger partial charge in [0.1, 0.15) is 0 Å². The fourth-order valence-electron chi connectivity index (χ4n) is 1.64. The van der Waals surface area contributed by atoms with Crippen LogP contribution >= 0.6 is 11.3 Å². The third-order valence-electron chi connectivity index (χ3n) is 2.55. The third kappa shape index (κ3) is 3.24. The molecule has 4 nitrogen and oxygen atoms in total. The Morgan fingerprint density at radius 3 is 2.93 bits per heavy atom. The summed E-state index contributed by atoms with van der Waals surface area (Å²) in [7, 11) is 0. The highest BCUT2D eigenvalue weighted by Gasteiger charge is 2.10. The summed E-state index contributed by atoms with van der Waals surface area (Å²) in [5, 5.41) is 3.25. The number of rotatable bonds is 4. The van der Waals surface area contributed by atoms with Gasteiger partial charge in [0.25, 0.3) is 0 Å². The van der Waals surface area contributed by atoms with Crippen LogP contribution in [0.25, 0.3) is 0 Å². The summed E-state index contributed by atoms with van der Waals surface area (Å²) in [4.78, 5) is 6.87. The van der Waals surface area contributed by atoms with Crippen molar-refractivity contribution in [1.29, 1.82) is 0 Å². The van der Waals surface area contributed by atoms with Crippen molar-refractivity contribution >= 4 is 11.3 Å². The Hall–Kier alpha value is -0.490. The van der Waals surface area contributed by atoms with Gasteiger partial charge in [-0.05, 0) is 0 Å². The molecule has 0 amide bonds. The molecule has 15 heavy (non-hydrogen) atoms. The number of morpholine rings is 1. The molecule has 0 aliphatic carbocycles. The molecule has 1 aliphatic heterocycles. The predicted octanol–water partition coefficient (Wildman–Crippen LogP) is 0.476. The Kier molecular flexibility index (Phi) is 4.08. The van der Waals surface area contributed by atoms with Gasteiger partial charge in [0.15, 0.2) is 0 Å². The van der Waals surface area contributed by atoms with Gasteiger partial charge in [-0.1, -0.05) is 0 Å². The van der Waals surface area contributed by atoms with Crippen LogP contribution in [0.15, 0.2) is 5.38 Å². The minimum Gasteiger partial charge on any atom is -0.379 e. The van der Waals surface area contributed by atoms with E-state index in [9.17, 15) is 0 Å². The summed E-state index contributed by atoms with van der Waals surface area (Å²) in [5.74, 6) is 0. The zero-order chi connectivity index (χ0) is 10.5. The molecule has 0 spiro atoms. The first kappa shape index (κ1) is 11.0. The molecule has 1 aliphatic rings. The van der Waals surface area contributed by atoms with Crippen LogP contribution in [0.2, 0.25) is 0 Å². The molecule has 2 N–H and O–H groups in total. The molecule has 2 heterocycles. The maximum atomic E-state index is 5.52. The molecule has 1 aromatic heterocycles. The zero-order valence-electron chi connectivity index (χ0n) is 8.82. The van der Waals surface area contributed by atoms with Gasteiger partial charge in [0.05, 0.1) is 23.9 Å². The van der Waals surface area contributed by atoms with Crippen molar-refractivity contribution < 1.29 is 4.74 Å². The quantitative estimate of drug-likeness (QED) is 0.812. The van der Waals surface area contributed by atoms with Crippen molar-refractivity contribution in [3.8, 4) is 0 Å². The van der Waals surface area contributed by atoms with Gasteiger partial charge in [-0.3, -0.25) is 4.90 Å². The Balaban J connectivity index is 1.76. The van der Waals surface area contributed by atoms with E-state index in [2.05, 4.69) is 15.3 Å². The van der Waals surface area contributed by atoms with Gasteiger partial charge >= 0.3 is 0 Å². The second-order valence-corrected chi connectivity index (χ2v) is 4.58. The van der Waals surface area contributed by atoms with E-state index in [-0.39, 0.29) is 0 Å². The van der Waals surface area contributed by atoms with Gasteiger partial charge in [0, 0.05) is 38.0 Å². The summed E-state index contributed by atoms with van der Waals surface area (Å²) in [5.41, 5.74) is 6.53. The van der Waals surface area contributed by atoms with Gasteiger partial charge in [0.2, 0.25) is 0 Å². The second-order valence-electron chi connectivity index (χ2n) is 3.64. The molecule has 0 aromatic carbocycles. The highest BCUT2D eigenvalue weighted by atomic mass is 32.1. The van der Waals surface area contributed by atoms with Gasteiger partial charge in [-0.15, -0.1) is 11.3 Å². The first-order valence-electron chi connectivity index (χ1n) is 5.32. The normalized spacial score (nSPS) is 18.2. The van der Waals surface area contributed by atoms with Crippen LogP contribution in [0.3, 0.4) is 0 Å². The first-order valence-corrected chi connectivity index (χ1v) is 6.20. The van der Waals surface area contributed by atoms with E-state index in [1.807, 2.05) is 0 Å². The van der Waals surface area contributed by atoms with E-state index in [1.165, 1.54) is 5.01 Å². The van der Waals surface area contributed by atoms with Crippen LogP contribution in [-0.2, 0) is 17.7 Å². The van der Waals surface area contributed by atoms with Crippen LogP contribution in [0.5, 0.6) is 0 Å². The maximum Gasteiger partial charge on any atom is 0.0941 e. The van der Waals surface area contributed by atoms with Crippen LogP contribution < -0.4 is 5.73 Å². The van der Waals surface area contributed by atoms with Gasteiger partial charge in [-0.25, -0.2) is 4.98 Å². The van der Waals surface area contributed by atoms with Crippen molar-refractivity contribution in [1.82, 2.24) is 9.88 Å². The Labute approximate surface area is 94.1 Å². The third-order valence-corrected chi connectivity index (χ3v) is 3.51. The second kappa shape index (κ2) is 5.55. The van der Waals surface area contributed by atoms with Crippen LogP contribution in [0, 0.1) is 0 Å². The molecule has 0 radical (unpaired) electrons. The lowest BCUT2D eigenvalue weighted by Gasteiger charge is -2.25. The van der Waals surface area contributed by atoms with Crippen molar-refractivity contribution in [3.05, 3.63) is 16.1 Å². The maximum absolute atomic E-state index is 5.52. The van der Waals surface area contributed by atoms with Crippen LogP contribution in [-0.4, -0.2) is 42.7 Å². The van der Waals surface area contributed by atoms with Gasteiger partial charge < -0.3 is 10.5 Å². The number of aromatic nitrogens is 1. The van der Waals surface area contributed by atoms with E-state index in [4.69, 9.17) is 10.5 Å². The Morgan fingerprint density at radius 1 is 1.47 bits per heavy atom. The molecule has 84 valence electrons. The van der Waals surface area contributed by atoms with E-state index in [0.29, 0.717) is 6.54 Å². The van der Waals surface area contributed by atoms with E-state index >= 15 is 0 Å². The lowest BCUT2D eigenvalue weighted by Crippen LogP contribution is -2.37. The Morgan fingerprint density at radius 2 is 2.27 bits per heavy atom. The lowest BCUT2D eigenvalue weighted by molar-refractivity contribution is 0.0384. The number of nitrogens with zero attached hydrogens (tertiary/aromatic N) is 2. The average Bonchev–Trinajstić information content (AvgIpc) is 2.76. The molecular formula is C10H17N3OS. The number of hydrogen-bond donors (Lipinski definition) is 1.